The molecule has 8 heteroatoms. The van der Waals surface area contributed by atoms with E-state index in [0.29, 0.717) is 11.0 Å². The lowest BCUT2D eigenvalue weighted by Crippen LogP contribution is -2.27. The molecule has 1 aromatic rings. The Morgan fingerprint density at radius 2 is 2.00 bits per heavy atom. The summed E-state index contributed by atoms with van der Waals surface area (Å²) in [5, 5.41) is -0.161. The van der Waals surface area contributed by atoms with Gasteiger partial charge in [-0.15, -0.1) is 0 Å². The number of carbonyl (C=O) groups is 1. The fourth-order valence-electron chi connectivity index (χ4n) is 1.54. The molecule has 19 heavy (non-hydrogen) atoms. The van der Waals surface area contributed by atoms with Crippen LogP contribution in [0.1, 0.15) is 23.7 Å². The van der Waals surface area contributed by atoms with Crippen LogP contribution in [0.4, 0.5) is 0 Å². The minimum atomic E-state index is -4.01. The molecule has 0 aliphatic heterocycles. The van der Waals surface area contributed by atoms with Crippen molar-refractivity contribution in [3.05, 3.63) is 27.2 Å². The Kier molecular flexibility index (Phi) is 5.67. The van der Waals surface area contributed by atoms with Crippen molar-refractivity contribution in [3.8, 4) is 0 Å². The second-order valence-corrected chi connectivity index (χ2v) is 7.76. The topological polar surface area (TPSA) is 54.5 Å². The average Bonchev–Trinajstić information content (AvgIpc) is 2.29. The molecule has 0 aliphatic rings. The molecule has 0 bridgehead atoms. The highest BCUT2D eigenvalue weighted by Gasteiger charge is 2.23. The number of rotatable bonds is 4. The molecule has 0 aliphatic carbocycles. The van der Waals surface area contributed by atoms with Crippen LogP contribution in [0.15, 0.2) is 21.5 Å². The smallest absolute Gasteiger partial charge is 0.262 e. The molecular weight excluding hydrogens is 377 g/mol. The van der Waals surface area contributed by atoms with Crippen LogP contribution in [0.3, 0.4) is 0 Å². The van der Waals surface area contributed by atoms with Crippen molar-refractivity contribution in [2.75, 3.05) is 13.6 Å². The van der Waals surface area contributed by atoms with Crippen LogP contribution in [0.25, 0.3) is 0 Å². The Bertz CT molecular complexity index is 604. The maximum Gasteiger partial charge on any atom is 0.262 e. The summed E-state index contributed by atoms with van der Waals surface area (Å²) in [6.07, 6.45) is 0.786. The van der Waals surface area contributed by atoms with E-state index in [9.17, 15) is 13.2 Å². The van der Waals surface area contributed by atoms with E-state index in [0.717, 1.165) is 6.42 Å². The van der Waals surface area contributed by atoms with Gasteiger partial charge in [0, 0.05) is 28.7 Å². The predicted octanol–water partition coefficient (Wildman–Crippen LogP) is 3.51. The molecule has 1 aromatic carbocycles. The molecule has 0 heterocycles. The molecular formula is C11H12BrCl2NO3S. The molecule has 0 aromatic heterocycles. The van der Waals surface area contributed by atoms with Gasteiger partial charge in [0.15, 0.2) is 0 Å². The van der Waals surface area contributed by atoms with Crippen molar-refractivity contribution < 1.29 is 13.2 Å². The summed E-state index contributed by atoms with van der Waals surface area (Å²) in [6, 6.07) is 2.74. The van der Waals surface area contributed by atoms with Crippen molar-refractivity contribution in [2.24, 2.45) is 0 Å². The maximum absolute atomic E-state index is 12.2. The lowest BCUT2D eigenvalue weighted by Gasteiger charge is -2.17. The van der Waals surface area contributed by atoms with E-state index in [-0.39, 0.29) is 21.4 Å². The van der Waals surface area contributed by atoms with Crippen molar-refractivity contribution in [1.82, 2.24) is 4.90 Å². The van der Waals surface area contributed by atoms with Gasteiger partial charge in [0.25, 0.3) is 15.0 Å². The third-order valence-corrected chi connectivity index (χ3v) is 4.73. The highest BCUT2D eigenvalue weighted by molar-refractivity contribution is 9.10. The quantitative estimate of drug-likeness (QED) is 0.741. The molecule has 1 rings (SSSR count). The summed E-state index contributed by atoms with van der Waals surface area (Å²) in [5.74, 6) is -0.352. The lowest BCUT2D eigenvalue weighted by atomic mass is 10.2. The summed E-state index contributed by atoms with van der Waals surface area (Å²) in [7, 11) is 2.91. The van der Waals surface area contributed by atoms with Gasteiger partial charge in [-0.05, 0) is 18.6 Å². The third-order valence-electron chi connectivity index (χ3n) is 2.40. The van der Waals surface area contributed by atoms with Crippen LogP contribution < -0.4 is 0 Å². The fourth-order valence-corrected chi connectivity index (χ4v) is 3.72. The summed E-state index contributed by atoms with van der Waals surface area (Å²) in [5.41, 5.74) is 0.103. The molecule has 4 nitrogen and oxygen atoms in total. The van der Waals surface area contributed by atoms with Crippen LogP contribution in [0, 0.1) is 0 Å². The van der Waals surface area contributed by atoms with E-state index >= 15 is 0 Å². The van der Waals surface area contributed by atoms with Gasteiger partial charge in [0.1, 0.15) is 4.90 Å². The summed E-state index contributed by atoms with van der Waals surface area (Å²) in [6.45, 7) is 2.48. The van der Waals surface area contributed by atoms with Gasteiger partial charge >= 0.3 is 0 Å². The zero-order valence-corrected chi connectivity index (χ0v) is 14.2. The predicted molar refractivity (Wildman–Crippen MR) is 79.4 cm³/mol. The zero-order valence-electron chi connectivity index (χ0n) is 10.3. The number of amides is 1. The van der Waals surface area contributed by atoms with Gasteiger partial charge in [-0.2, -0.15) is 0 Å². The number of benzene rings is 1. The van der Waals surface area contributed by atoms with Crippen LogP contribution in [0.5, 0.6) is 0 Å². The molecule has 0 spiro atoms. The molecule has 0 radical (unpaired) electrons. The van der Waals surface area contributed by atoms with Gasteiger partial charge in [-0.1, -0.05) is 34.5 Å². The van der Waals surface area contributed by atoms with E-state index in [1.165, 1.54) is 17.0 Å². The normalized spacial score (nSPS) is 11.4. The van der Waals surface area contributed by atoms with Crippen molar-refractivity contribution in [1.29, 1.82) is 0 Å². The molecule has 0 unspecified atom stereocenters. The van der Waals surface area contributed by atoms with E-state index in [1.807, 2.05) is 6.92 Å². The molecule has 106 valence electrons. The monoisotopic (exact) mass is 387 g/mol. The van der Waals surface area contributed by atoms with Crippen LogP contribution in [0.2, 0.25) is 5.02 Å². The highest BCUT2D eigenvalue weighted by Crippen LogP contribution is 2.32. The maximum atomic E-state index is 12.2. The standard InChI is InChI=1S/C11H12BrCl2NO3S/c1-3-4-15(2)11(16)8-5-7(12)6-9(10(8)13)19(14,17)18/h5-6H,3-4H2,1-2H3. The van der Waals surface area contributed by atoms with E-state index in [4.69, 9.17) is 22.3 Å². The van der Waals surface area contributed by atoms with Crippen LogP contribution in [-0.4, -0.2) is 32.8 Å². The Morgan fingerprint density at radius 3 is 2.47 bits per heavy atom. The first-order chi connectivity index (χ1) is 8.68. The Hall–Kier alpha value is -0.300. The Balaban J connectivity index is 3.38. The lowest BCUT2D eigenvalue weighted by molar-refractivity contribution is 0.0795. The van der Waals surface area contributed by atoms with Crippen molar-refractivity contribution >= 4 is 53.2 Å². The SMILES string of the molecule is CCCN(C)C(=O)c1cc(Br)cc(S(=O)(=O)Cl)c1Cl. The second kappa shape index (κ2) is 6.43. The van der Waals surface area contributed by atoms with Crippen LogP contribution >= 0.6 is 38.2 Å². The highest BCUT2D eigenvalue weighted by atomic mass is 79.9. The molecule has 1 amide bonds. The Morgan fingerprint density at radius 1 is 1.42 bits per heavy atom. The van der Waals surface area contributed by atoms with Gasteiger partial charge in [0.05, 0.1) is 10.6 Å². The minimum absolute atomic E-state index is 0.103. The third kappa shape index (κ3) is 4.08. The first-order valence-corrected chi connectivity index (χ1v) is 8.85. The van der Waals surface area contributed by atoms with Gasteiger partial charge < -0.3 is 4.90 Å². The molecule has 0 atom stereocenters. The van der Waals surface area contributed by atoms with Gasteiger partial charge in [-0.3, -0.25) is 4.79 Å². The summed E-state index contributed by atoms with van der Waals surface area (Å²) < 4.78 is 23.2. The van der Waals surface area contributed by atoms with Crippen LogP contribution in [-0.2, 0) is 9.05 Å². The van der Waals surface area contributed by atoms with Gasteiger partial charge in [0.2, 0.25) is 0 Å². The molecule has 0 saturated carbocycles. The van der Waals surface area contributed by atoms with E-state index in [2.05, 4.69) is 15.9 Å². The largest absolute Gasteiger partial charge is 0.342 e. The van der Waals surface area contributed by atoms with Crippen molar-refractivity contribution in [2.45, 2.75) is 18.2 Å². The first kappa shape index (κ1) is 16.8. The molecule has 0 N–H and O–H groups in total. The average molecular weight is 389 g/mol. The fraction of sp³-hybridized carbons (Fsp3) is 0.364. The number of hydrogen-bond acceptors (Lipinski definition) is 3. The molecule has 0 saturated heterocycles. The summed E-state index contributed by atoms with van der Waals surface area (Å²) in [4.78, 5) is 13.4. The summed E-state index contributed by atoms with van der Waals surface area (Å²) >= 11 is 9.12. The second-order valence-electron chi connectivity index (χ2n) is 3.93. The van der Waals surface area contributed by atoms with Gasteiger partial charge in [-0.25, -0.2) is 8.42 Å². The number of hydrogen-bond donors (Lipinski definition) is 0. The van der Waals surface area contributed by atoms with E-state index in [1.54, 1.807) is 7.05 Å². The Labute approximate surface area is 130 Å². The minimum Gasteiger partial charge on any atom is -0.342 e. The zero-order chi connectivity index (χ0) is 14.8. The van der Waals surface area contributed by atoms with E-state index < -0.39 is 9.05 Å². The molecule has 0 fully saturated rings. The number of nitrogens with zero attached hydrogens (tertiary/aromatic N) is 1. The van der Waals surface area contributed by atoms with Crippen molar-refractivity contribution in [3.63, 3.8) is 0 Å². The number of carbonyl (C=O) groups excluding carboxylic acids is 1. The first-order valence-electron chi connectivity index (χ1n) is 5.37. The number of halogens is 3.